The highest BCUT2D eigenvalue weighted by molar-refractivity contribution is 14.1. The van der Waals surface area contributed by atoms with Gasteiger partial charge in [-0.2, -0.15) is 79.0 Å². The average molecular weight is 3420 g/mol. The van der Waals surface area contributed by atoms with Crippen LogP contribution in [0.15, 0.2) is 91.2 Å². The molecule has 6 atom stereocenters. The van der Waals surface area contributed by atoms with Gasteiger partial charge in [0.15, 0.2) is 0 Å². The molecule has 0 fully saturated rings. The summed E-state index contributed by atoms with van der Waals surface area (Å²) >= 11 is 17.7. The number of anilines is 3. The Morgan fingerprint density at radius 3 is 0.880 bits per heavy atom. The number of methoxy groups -OCH3 is 2. The number of hydrogen-bond donors (Lipinski definition) is 1. The summed E-state index contributed by atoms with van der Waals surface area (Å²) in [5.74, 6) is -22.4. The molecule has 0 spiro atoms. The van der Waals surface area contributed by atoms with Crippen molar-refractivity contribution in [2.24, 2.45) is 0 Å². The van der Waals surface area contributed by atoms with E-state index in [0.717, 1.165) is 41.0 Å². The largest absolute Gasteiger partial charge is 0.748 e. The van der Waals surface area contributed by atoms with Gasteiger partial charge in [-0.15, -0.1) is 0 Å². The zero-order chi connectivity index (χ0) is 117. The Hall–Kier alpha value is -5.34. The van der Waals surface area contributed by atoms with E-state index in [9.17, 15) is 205 Å². The molecule has 1 N–H and O–H groups in total. The minimum atomic E-state index is -5.38. The summed E-state index contributed by atoms with van der Waals surface area (Å²) in [5.41, 5.74) is -1.60. The number of alkyl halides is 18. The van der Waals surface area contributed by atoms with Gasteiger partial charge in [-0.05, 0) is 312 Å². The summed E-state index contributed by atoms with van der Waals surface area (Å²) in [5, 5.41) is 2.45. The van der Waals surface area contributed by atoms with Crippen molar-refractivity contribution >= 4 is 363 Å². The third-order valence-electron chi connectivity index (χ3n) is 16.2. The maximum Gasteiger partial charge on any atom is 0.426 e. The van der Waals surface area contributed by atoms with Gasteiger partial charge in [-0.1, -0.05) is 6.58 Å². The third-order valence-corrected chi connectivity index (χ3v) is 29.5. The van der Waals surface area contributed by atoms with E-state index in [0.29, 0.717) is 21.4 Å². The van der Waals surface area contributed by atoms with Crippen LogP contribution >= 0.6 is 226 Å². The summed E-state index contributed by atoms with van der Waals surface area (Å²) in [6.45, 7) is 9.64. The fraction of sp³-hybridized carbons (Fsp3) is 0.360. The van der Waals surface area contributed by atoms with E-state index in [-0.39, 0.29) is 82.4 Å². The van der Waals surface area contributed by atoms with Gasteiger partial charge in [0.25, 0.3) is 0 Å². The van der Waals surface area contributed by atoms with Crippen molar-refractivity contribution in [3.05, 3.63) is 160 Å². The van der Waals surface area contributed by atoms with E-state index >= 15 is 0 Å². The number of carbonyl (C=O) groups is 10. The highest BCUT2D eigenvalue weighted by Gasteiger charge is 2.51. The Balaban J connectivity index is 0.000000904. The van der Waals surface area contributed by atoms with Crippen LogP contribution in [-0.4, -0.2) is 274 Å². The SMILES string of the molecule is C=C(C)Oc1cc(I)ccc1C(=O)OC(CS(=O)(=O)[O-])C(F)(F)F.CC(=O)N(C)c1c(I)c(C(=O)OC(CS(=O)(=O)[O-])C(F)(F)F)c(I)c(N(C)C(C)=O)c1I.CC(=O)Nc1c(I)cc(I)c(C(=O)OC(CS(=O)(=O)[O-])C(F)(F)F)c1I.CC(=O)Oc1cc(C(=O)OC(CS(=O)(=O)[O-])C(F)(F)F)ccc1I.COc1cc(C(=O)OC(CS(=O)(=O)[O-])C(F)(F)F)ccc1I.COc1cc(I)ccc1C(=O)OC(CS(=O)(=O)[O-])C(F)(F)F. The summed E-state index contributed by atoms with van der Waals surface area (Å²) in [7, 11) is -26.5. The molecule has 75 heteroatoms. The molecule has 0 heterocycles. The van der Waals surface area contributed by atoms with Gasteiger partial charge in [0.05, 0.1) is 176 Å². The fourth-order valence-corrected chi connectivity index (χ4v) is 24.5. The molecule has 6 aromatic carbocycles. The lowest BCUT2D eigenvalue weighted by atomic mass is 10.1. The van der Waals surface area contributed by atoms with Gasteiger partial charge in [0.2, 0.25) is 54.3 Å². The van der Waals surface area contributed by atoms with Gasteiger partial charge in [-0.3, -0.25) is 19.2 Å². The molecule has 0 radical (unpaired) electrons. The van der Waals surface area contributed by atoms with Crippen molar-refractivity contribution in [3.63, 3.8) is 0 Å². The molecule has 150 heavy (non-hydrogen) atoms. The molecule has 6 unspecified atom stereocenters. The lowest BCUT2D eigenvalue weighted by Gasteiger charge is -2.28. The predicted molar refractivity (Wildman–Crippen MR) is 557 cm³/mol. The Bertz CT molecular complexity index is 6710. The lowest BCUT2D eigenvalue weighted by Crippen LogP contribution is -2.40. The van der Waals surface area contributed by atoms with Crippen LogP contribution in [0.25, 0.3) is 0 Å². The van der Waals surface area contributed by atoms with Crippen LogP contribution in [0.5, 0.6) is 23.0 Å². The van der Waals surface area contributed by atoms with Crippen molar-refractivity contribution in [2.75, 3.05) is 77.9 Å². The second kappa shape index (κ2) is 59.0. The number of nitrogens with zero attached hydrogens (tertiary/aromatic N) is 2. The van der Waals surface area contributed by atoms with Crippen molar-refractivity contribution in [1.29, 1.82) is 0 Å². The van der Waals surface area contributed by atoms with Crippen molar-refractivity contribution < 1.29 is 252 Å². The summed E-state index contributed by atoms with van der Waals surface area (Å²) < 4.78 is 470. The number of ether oxygens (including phenoxy) is 10. The smallest absolute Gasteiger partial charge is 0.426 e. The second-order valence-corrected chi connectivity index (χ2v) is 48.2. The monoisotopic (exact) mass is 3410 g/mol. The van der Waals surface area contributed by atoms with E-state index in [2.05, 4.69) is 40.3 Å². The molecule has 0 aromatic heterocycles. The van der Waals surface area contributed by atoms with E-state index in [1.807, 2.05) is 113 Å². The van der Waals surface area contributed by atoms with Crippen LogP contribution < -0.4 is 34.1 Å². The Labute approximate surface area is 972 Å². The van der Waals surface area contributed by atoms with Gasteiger partial charge >= 0.3 is 78.8 Å². The van der Waals surface area contributed by atoms with E-state index in [1.54, 1.807) is 113 Å². The van der Waals surface area contributed by atoms with Crippen LogP contribution in [0.1, 0.15) is 96.8 Å². The number of carbonyl (C=O) groups excluding carboxylic acids is 10. The molecule has 41 nitrogen and oxygen atoms in total. The quantitative estimate of drug-likeness (QED) is 0.00779. The number of esters is 7. The topological polar surface area (TPSA) is 625 Å². The fourth-order valence-electron chi connectivity index (χ4n) is 9.65. The van der Waals surface area contributed by atoms with Gasteiger partial charge in [-0.25, -0.2) is 79.3 Å². The number of hydrogen-bond acceptors (Lipinski definition) is 38. The maximum absolute atomic E-state index is 13.2. The Morgan fingerprint density at radius 1 is 0.333 bits per heavy atom. The Kier molecular flexibility index (Phi) is 56.1. The van der Waals surface area contributed by atoms with Gasteiger partial charge in [0, 0.05) is 56.1 Å². The molecule has 0 saturated heterocycles. The predicted octanol–water partition coefficient (Wildman–Crippen LogP) is 14.7. The summed E-state index contributed by atoms with van der Waals surface area (Å²) in [4.78, 5) is 121. The average Bonchev–Trinajstić information content (AvgIpc) is 0.751. The highest BCUT2D eigenvalue weighted by Crippen LogP contribution is 2.44. The number of halogens is 28. The van der Waals surface area contributed by atoms with E-state index in [1.165, 1.54) is 111 Å². The van der Waals surface area contributed by atoms with Crippen LogP contribution in [0.4, 0.5) is 96.1 Å². The molecule has 0 aliphatic carbocycles. The van der Waals surface area contributed by atoms with Crippen molar-refractivity contribution in [3.8, 4) is 23.0 Å². The molecule has 842 valence electrons. The third kappa shape index (κ3) is 51.1. The lowest BCUT2D eigenvalue weighted by molar-refractivity contribution is -0.197. The van der Waals surface area contributed by atoms with Crippen LogP contribution in [0.2, 0.25) is 0 Å². The first-order valence-corrected chi connectivity index (χ1v) is 57.9. The molecule has 6 rings (SSSR count). The molecule has 6 aromatic rings. The van der Waals surface area contributed by atoms with Crippen molar-refractivity contribution in [2.45, 2.75) is 108 Å². The molecule has 0 saturated carbocycles. The summed E-state index contributed by atoms with van der Waals surface area (Å²) in [6, 6.07) is 16.4. The summed E-state index contributed by atoms with van der Waals surface area (Å²) in [6.07, 6.45) is -50.0. The standard InChI is InChI=1S/C16H16F3I3N2O7S.C13H12F3IO6S.C12H9F3I3NO6S.C12H10F3IO7S.2C11H10F3IO6S/c1-6(25)23(3)13-10(20)9(11(21)14(12(13)22)24(4)7(2)26)15(27)31-8(16(17,18)19)5-32(28,29)30;1-7(2)22-10-5-8(17)3-4-9(10)12(18)23-11(13(14,15)16)6-24(19,20)21;1-4(20)19-10-6(17)2-5(16)8(9(10)18)11(21)25-7(12(13,14)15)3-26(22,23)24;1-6(17)22-9-4-7(2-3-8(9)16)11(18)23-10(12(13,14)15)5-24(19,20)21;1-20-8-4-6(15)2-3-7(8)10(16)21-9(11(12,13)14)5-22(17,18)19;1-20-8-4-6(2-3-7(8)15)10(16)21-9(11(12,13)14)5-22(17,18)19/h8H,5H2,1-4H3,(H,28,29,30);3-5,11H,1,6H2,2H3,(H,19,20,21);2,7H,3H2,1H3,(H,19,20)(H,22,23,24);2-4,10H,5H2,1H3,(H,19,20,21);2*2-4,9H,5H2,1H3,(H,17,18,19)/p-6. The van der Waals surface area contributed by atoms with Crippen LogP contribution in [0, 0.1) is 35.7 Å². The maximum atomic E-state index is 13.2. The number of allylic oxidation sites excluding steroid dienone is 1. The molecule has 0 aliphatic rings. The van der Waals surface area contributed by atoms with Crippen molar-refractivity contribution in [1.82, 2.24) is 0 Å². The van der Waals surface area contributed by atoms with Gasteiger partial charge in [0.1, 0.15) is 34.1 Å². The van der Waals surface area contributed by atoms with E-state index in [4.69, 9.17) is 18.9 Å². The molecule has 0 aliphatic heterocycles. The van der Waals surface area contributed by atoms with Crippen LogP contribution in [-0.2, 0) is 108 Å². The first-order chi connectivity index (χ1) is 67.4. The first kappa shape index (κ1) is 143. The second-order valence-electron chi connectivity index (χ2n) is 28.1. The minimum Gasteiger partial charge on any atom is -0.748 e. The zero-order valence-electron chi connectivity index (χ0n) is 74.9. The number of benzene rings is 6. The molecular formula is C75H61F18I10N3O38S6-6. The number of rotatable bonds is 32. The normalized spacial score (nSPS) is 13.2. The molecule has 3 amide bonds. The molecule has 0 bridgehead atoms. The van der Waals surface area contributed by atoms with Crippen LogP contribution in [0.3, 0.4) is 0 Å². The number of nitrogens with one attached hydrogen (secondary N) is 1. The highest BCUT2D eigenvalue weighted by atomic mass is 127. The first-order valence-electron chi connectivity index (χ1n) is 37.6. The Morgan fingerprint density at radius 2 is 0.607 bits per heavy atom. The number of amides is 3. The van der Waals surface area contributed by atoms with Gasteiger partial charge < -0.3 is 89.8 Å². The molecular weight excluding hydrogens is 3350 g/mol. The van der Waals surface area contributed by atoms with E-state index < -0.39 is 240 Å². The minimum absolute atomic E-state index is 0.0331. The zero-order valence-corrected chi connectivity index (χ0v) is 101.